The zero-order valence-electron chi connectivity index (χ0n) is 12.1. The van der Waals surface area contributed by atoms with Crippen LogP contribution >= 0.6 is 11.6 Å². The number of hydrogen-bond donors (Lipinski definition) is 2. The lowest BCUT2D eigenvalue weighted by atomic mass is 10.2. The summed E-state index contributed by atoms with van der Waals surface area (Å²) in [4.78, 5) is 36.8. The molecule has 1 saturated heterocycles. The third kappa shape index (κ3) is 3.57. The number of carbonyl (C=O) groups excluding carboxylic acids is 2. The molecular formula is C15H17ClN2O4. The molecule has 1 aromatic carbocycles. The van der Waals surface area contributed by atoms with Gasteiger partial charge in [-0.25, -0.2) is 4.79 Å². The molecule has 1 heterocycles. The number of carbonyl (C=O) groups is 3. The zero-order chi connectivity index (χ0) is 16.3. The number of halogens is 1. The third-order valence-electron chi connectivity index (χ3n) is 3.65. The molecule has 22 heavy (non-hydrogen) atoms. The van der Waals surface area contributed by atoms with E-state index >= 15 is 0 Å². The fourth-order valence-corrected chi connectivity index (χ4v) is 2.60. The number of nitrogens with one attached hydrogen (secondary N) is 1. The molecule has 0 saturated carbocycles. The molecule has 0 aromatic heterocycles. The van der Waals surface area contributed by atoms with Crippen LogP contribution in [0.3, 0.4) is 0 Å². The highest BCUT2D eigenvalue weighted by Crippen LogP contribution is 2.18. The minimum absolute atomic E-state index is 0.382. The number of nitrogens with zero attached hydrogens (tertiary/aromatic N) is 1. The Kier molecular flexibility index (Phi) is 5.03. The van der Waals surface area contributed by atoms with Crippen LogP contribution < -0.4 is 5.32 Å². The molecule has 7 heteroatoms. The summed E-state index contributed by atoms with van der Waals surface area (Å²) in [5.41, 5.74) is 0.389. The van der Waals surface area contributed by atoms with E-state index in [2.05, 4.69) is 5.32 Å². The molecule has 1 aliphatic heterocycles. The minimum Gasteiger partial charge on any atom is -0.480 e. The van der Waals surface area contributed by atoms with Crippen molar-refractivity contribution in [2.45, 2.75) is 31.8 Å². The highest BCUT2D eigenvalue weighted by Gasteiger charge is 2.36. The molecule has 1 aromatic rings. The van der Waals surface area contributed by atoms with Gasteiger partial charge in [0, 0.05) is 17.1 Å². The van der Waals surface area contributed by atoms with Crippen LogP contribution in [0.15, 0.2) is 24.3 Å². The van der Waals surface area contributed by atoms with E-state index in [1.165, 1.54) is 4.90 Å². The van der Waals surface area contributed by atoms with Crippen molar-refractivity contribution >= 4 is 29.4 Å². The normalized spacial score (nSPS) is 18.8. The number of carboxylic acid groups (broad SMARTS) is 1. The molecule has 1 fully saturated rings. The number of benzene rings is 1. The summed E-state index contributed by atoms with van der Waals surface area (Å²) >= 11 is 5.76. The first-order chi connectivity index (χ1) is 10.4. The van der Waals surface area contributed by atoms with E-state index in [4.69, 9.17) is 16.7 Å². The van der Waals surface area contributed by atoms with Crippen LogP contribution in [-0.2, 0) is 9.59 Å². The molecule has 2 N–H and O–H groups in total. The van der Waals surface area contributed by atoms with Gasteiger partial charge in [0.1, 0.15) is 12.1 Å². The molecule has 0 spiro atoms. The average molecular weight is 325 g/mol. The number of amides is 2. The summed E-state index contributed by atoms with van der Waals surface area (Å²) in [6, 6.07) is 4.70. The molecule has 0 radical (unpaired) electrons. The van der Waals surface area contributed by atoms with Gasteiger partial charge >= 0.3 is 5.97 Å². The second kappa shape index (κ2) is 6.79. The Balaban J connectivity index is 2.00. The number of aliphatic carboxylic acids is 1. The van der Waals surface area contributed by atoms with Gasteiger partial charge in [0.05, 0.1) is 0 Å². The van der Waals surface area contributed by atoms with Gasteiger partial charge in [-0.15, -0.1) is 0 Å². The molecule has 2 atom stereocenters. The summed E-state index contributed by atoms with van der Waals surface area (Å²) in [5.74, 6) is -1.79. The van der Waals surface area contributed by atoms with Gasteiger partial charge in [0.25, 0.3) is 5.91 Å². The van der Waals surface area contributed by atoms with Crippen LogP contribution in [0, 0.1) is 0 Å². The summed E-state index contributed by atoms with van der Waals surface area (Å²) in [6.45, 7) is 1.95. The van der Waals surface area contributed by atoms with Crippen molar-refractivity contribution in [1.29, 1.82) is 0 Å². The molecule has 6 nitrogen and oxygen atoms in total. The van der Waals surface area contributed by atoms with Crippen LogP contribution in [-0.4, -0.2) is 46.4 Å². The number of rotatable bonds is 4. The van der Waals surface area contributed by atoms with Crippen molar-refractivity contribution in [3.63, 3.8) is 0 Å². The maximum Gasteiger partial charge on any atom is 0.326 e. The smallest absolute Gasteiger partial charge is 0.326 e. The number of likely N-dealkylation sites (tertiary alicyclic amines) is 1. The van der Waals surface area contributed by atoms with Crippen molar-refractivity contribution in [3.05, 3.63) is 34.9 Å². The lowest BCUT2D eigenvalue weighted by molar-refractivity contribution is -0.148. The predicted octanol–water partition coefficient (Wildman–Crippen LogP) is 1.53. The van der Waals surface area contributed by atoms with Crippen molar-refractivity contribution < 1.29 is 19.5 Å². The summed E-state index contributed by atoms with van der Waals surface area (Å²) in [6.07, 6.45) is 1.10. The first-order valence-corrected chi connectivity index (χ1v) is 7.37. The van der Waals surface area contributed by atoms with E-state index in [1.807, 2.05) is 0 Å². The maximum atomic E-state index is 12.3. The second-order valence-electron chi connectivity index (χ2n) is 5.23. The third-order valence-corrected chi connectivity index (χ3v) is 3.90. The zero-order valence-corrected chi connectivity index (χ0v) is 12.8. The maximum absolute atomic E-state index is 12.3. The van der Waals surface area contributed by atoms with Gasteiger partial charge < -0.3 is 15.3 Å². The lowest BCUT2D eigenvalue weighted by Crippen LogP contribution is -2.50. The van der Waals surface area contributed by atoms with E-state index in [1.54, 1.807) is 31.2 Å². The van der Waals surface area contributed by atoms with Crippen LogP contribution in [0.4, 0.5) is 0 Å². The molecule has 1 unspecified atom stereocenters. The van der Waals surface area contributed by atoms with Gasteiger partial charge in [-0.1, -0.05) is 11.6 Å². The van der Waals surface area contributed by atoms with Crippen molar-refractivity contribution in [2.75, 3.05) is 6.54 Å². The summed E-state index contributed by atoms with van der Waals surface area (Å²) in [5, 5.41) is 12.2. The first kappa shape index (κ1) is 16.3. The van der Waals surface area contributed by atoms with E-state index in [0.29, 0.717) is 30.0 Å². The highest BCUT2D eigenvalue weighted by molar-refractivity contribution is 6.30. The molecular weight excluding hydrogens is 308 g/mol. The Labute approximate surface area is 133 Å². The number of hydrogen-bond acceptors (Lipinski definition) is 3. The first-order valence-electron chi connectivity index (χ1n) is 7.00. The topological polar surface area (TPSA) is 86.7 Å². The van der Waals surface area contributed by atoms with Crippen LogP contribution in [0.2, 0.25) is 5.02 Å². The highest BCUT2D eigenvalue weighted by atomic mass is 35.5. The largest absolute Gasteiger partial charge is 0.480 e. The van der Waals surface area contributed by atoms with Crippen molar-refractivity contribution in [2.24, 2.45) is 0 Å². The Morgan fingerprint density at radius 2 is 1.95 bits per heavy atom. The number of carboxylic acids is 1. The molecule has 0 aliphatic carbocycles. The van der Waals surface area contributed by atoms with Crippen LogP contribution in [0.5, 0.6) is 0 Å². The SMILES string of the molecule is CC(NC(=O)c1ccc(Cl)cc1)C(=O)N1CCC[C@@H]1C(=O)O. The average Bonchev–Trinajstić information content (AvgIpc) is 2.96. The summed E-state index contributed by atoms with van der Waals surface area (Å²) < 4.78 is 0. The second-order valence-corrected chi connectivity index (χ2v) is 5.67. The summed E-state index contributed by atoms with van der Waals surface area (Å²) in [7, 11) is 0. The van der Waals surface area contributed by atoms with Gasteiger partial charge in [-0.05, 0) is 44.0 Å². The van der Waals surface area contributed by atoms with E-state index < -0.39 is 24.0 Å². The Morgan fingerprint density at radius 1 is 1.32 bits per heavy atom. The Bertz CT molecular complexity index is 588. The van der Waals surface area contributed by atoms with Crippen molar-refractivity contribution in [1.82, 2.24) is 10.2 Å². The molecule has 2 amide bonds. The van der Waals surface area contributed by atoms with E-state index in [-0.39, 0.29) is 5.91 Å². The van der Waals surface area contributed by atoms with Crippen LogP contribution in [0.25, 0.3) is 0 Å². The molecule has 2 rings (SSSR count). The quantitative estimate of drug-likeness (QED) is 0.879. The Hall–Kier alpha value is -2.08. The Morgan fingerprint density at radius 3 is 2.55 bits per heavy atom. The van der Waals surface area contributed by atoms with Gasteiger partial charge in [0.15, 0.2) is 0 Å². The predicted molar refractivity (Wildman–Crippen MR) is 80.8 cm³/mol. The van der Waals surface area contributed by atoms with Gasteiger partial charge in [-0.2, -0.15) is 0 Å². The van der Waals surface area contributed by atoms with Crippen LogP contribution in [0.1, 0.15) is 30.1 Å². The molecule has 118 valence electrons. The lowest BCUT2D eigenvalue weighted by Gasteiger charge is -2.25. The van der Waals surface area contributed by atoms with E-state index in [0.717, 1.165) is 0 Å². The molecule has 0 bridgehead atoms. The van der Waals surface area contributed by atoms with Gasteiger partial charge in [-0.3, -0.25) is 9.59 Å². The fraction of sp³-hybridized carbons (Fsp3) is 0.400. The monoisotopic (exact) mass is 324 g/mol. The minimum atomic E-state index is -1.01. The molecule has 1 aliphatic rings. The van der Waals surface area contributed by atoms with Crippen molar-refractivity contribution in [3.8, 4) is 0 Å². The standard InChI is InChI=1S/C15H17ClN2O4/c1-9(14(20)18-8-2-3-12(18)15(21)22)17-13(19)10-4-6-11(16)7-5-10/h4-7,9,12H,2-3,8H2,1H3,(H,17,19)(H,21,22)/t9?,12-/m1/s1. The fourth-order valence-electron chi connectivity index (χ4n) is 2.48. The van der Waals surface area contributed by atoms with Gasteiger partial charge in [0.2, 0.25) is 5.91 Å². The van der Waals surface area contributed by atoms with E-state index in [9.17, 15) is 14.4 Å².